The summed E-state index contributed by atoms with van der Waals surface area (Å²) in [5.74, 6) is -0.517. The fraction of sp³-hybridized carbons (Fsp3) is 0.250. The molecule has 0 fully saturated rings. The second kappa shape index (κ2) is 6.03. The maximum atomic E-state index is 11.4. The zero-order chi connectivity index (χ0) is 14.7. The number of carbonyl (C=O) groups excluding carboxylic acids is 1. The van der Waals surface area contributed by atoms with Crippen molar-refractivity contribution in [3.05, 3.63) is 65.0 Å². The highest BCUT2D eigenvalue weighted by atomic mass is 16.5. The molecule has 5 heteroatoms. The molecule has 2 aromatic rings. The van der Waals surface area contributed by atoms with E-state index in [9.17, 15) is 4.79 Å². The topological polar surface area (TPSA) is 65.5 Å². The van der Waals surface area contributed by atoms with Gasteiger partial charge in [-0.1, -0.05) is 30.3 Å². The van der Waals surface area contributed by atoms with Crippen LogP contribution in [0.15, 0.2) is 42.6 Å². The van der Waals surface area contributed by atoms with Gasteiger partial charge in [-0.25, -0.2) is 5.48 Å². The standard InChI is InChI=1S/C16H17N3O2/c20-16(18-21)14-8-13-6-7-19(11-15(13)17-9-14)10-12-4-2-1-3-5-12/h1-5,8-9,21H,6-7,10-11H2,(H,18,20). The summed E-state index contributed by atoms with van der Waals surface area (Å²) >= 11 is 0. The van der Waals surface area contributed by atoms with Crippen molar-refractivity contribution in [2.45, 2.75) is 19.5 Å². The fourth-order valence-corrected chi connectivity index (χ4v) is 2.63. The highest BCUT2D eigenvalue weighted by Gasteiger charge is 2.19. The van der Waals surface area contributed by atoms with Gasteiger partial charge in [-0.3, -0.25) is 19.9 Å². The van der Waals surface area contributed by atoms with Crippen LogP contribution in [0.2, 0.25) is 0 Å². The average molecular weight is 283 g/mol. The summed E-state index contributed by atoms with van der Waals surface area (Å²) < 4.78 is 0. The van der Waals surface area contributed by atoms with Crippen LogP contribution < -0.4 is 5.48 Å². The highest BCUT2D eigenvalue weighted by molar-refractivity contribution is 5.93. The first-order valence-electron chi connectivity index (χ1n) is 6.95. The molecule has 0 saturated heterocycles. The van der Waals surface area contributed by atoms with Gasteiger partial charge >= 0.3 is 0 Å². The van der Waals surface area contributed by atoms with Gasteiger partial charge in [-0.05, 0) is 23.6 Å². The molecule has 1 amide bonds. The van der Waals surface area contributed by atoms with Crippen LogP contribution in [0.25, 0.3) is 0 Å². The number of nitrogens with zero attached hydrogens (tertiary/aromatic N) is 2. The van der Waals surface area contributed by atoms with Gasteiger partial charge in [-0.15, -0.1) is 0 Å². The van der Waals surface area contributed by atoms with Gasteiger partial charge in [0.2, 0.25) is 0 Å². The number of hydroxylamine groups is 1. The Labute approximate surface area is 123 Å². The minimum Gasteiger partial charge on any atom is -0.293 e. The maximum Gasteiger partial charge on any atom is 0.276 e. The molecular formula is C16H17N3O2. The number of hydrogen-bond donors (Lipinski definition) is 2. The number of pyridine rings is 1. The van der Waals surface area contributed by atoms with E-state index in [1.54, 1.807) is 5.48 Å². The van der Waals surface area contributed by atoms with Crippen LogP contribution in [0.5, 0.6) is 0 Å². The van der Waals surface area contributed by atoms with Crippen LogP contribution in [-0.2, 0) is 19.5 Å². The summed E-state index contributed by atoms with van der Waals surface area (Å²) in [6.07, 6.45) is 2.37. The van der Waals surface area contributed by atoms with Crippen molar-refractivity contribution in [3.63, 3.8) is 0 Å². The van der Waals surface area contributed by atoms with Gasteiger partial charge in [0.15, 0.2) is 0 Å². The summed E-state index contributed by atoms with van der Waals surface area (Å²) in [5, 5.41) is 8.66. The smallest absolute Gasteiger partial charge is 0.276 e. The molecule has 5 nitrogen and oxygen atoms in total. The molecule has 0 unspecified atom stereocenters. The number of nitrogens with one attached hydrogen (secondary N) is 1. The number of rotatable bonds is 3. The van der Waals surface area contributed by atoms with Gasteiger partial charge in [0.25, 0.3) is 5.91 Å². The van der Waals surface area contributed by atoms with Crippen molar-refractivity contribution in [1.82, 2.24) is 15.4 Å². The predicted octanol–water partition coefficient (Wildman–Crippen LogP) is 1.76. The lowest BCUT2D eigenvalue weighted by Gasteiger charge is -2.28. The number of benzene rings is 1. The Kier molecular flexibility index (Phi) is 3.94. The van der Waals surface area contributed by atoms with Crippen molar-refractivity contribution in [2.75, 3.05) is 6.54 Å². The van der Waals surface area contributed by atoms with Crippen LogP contribution in [0, 0.1) is 0 Å². The SMILES string of the molecule is O=C(NO)c1cnc2c(c1)CCN(Cc1ccccc1)C2. The van der Waals surface area contributed by atoms with Crippen molar-refractivity contribution in [2.24, 2.45) is 0 Å². The van der Waals surface area contributed by atoms with Crippen LogP contribution >= 0.6 is 0 Å². The van der Waals surface area contributed by atoms with Gasteiger partial charge in [0.05, 0.1) is 11.3 Å². The Morgan fingerprint density at radius 2 is 2.14 bits per heavy atom. The molecule has 0 radical (unpaired) electrons. The molecule has 0 aliphatic carbocycles. The summed E-state index contributed by atoms with van der Waals surface area (Å²) in [5.41, 5.74) is 5.42. The maximum absolute atomic E-state index is 11.4. The lowest BCUT2D eigenvalue weighted by atomic mass is 10.0. The molecule has 1 aromatic carbocycles. The zero-order valence-electron chi connectivity index (χ0n) is 11.6. The summed E-state index contributed by atoms with van der Waals surface area (Å²) in [7, 11) is 0. The van der Waals surface area contributed by atoms with E-state index in [2.05, 4.69) is 22.0 Å². The number of amides is 1. The largest absolute Gasteiger partial charge is 0.293 e. The Hall–Kier alpha value is -2.24. The van der Waals surface area contributed by atoms with Crippen molar-refractivity contribution in [1.29, 1.82) is 0 Å². The molecule has 0 atom stereocenters. The predicted molar refractivity (Wildman–Crippen MR) is 77.7 cm³/mol. The summed E-state index contributed by atoms with van der Waals surface area (Å²) in [6, 6.07) is 12.2. The number of fused-ring (bicyclic) bond motifs is 1. The van der Waals surface area contributed by atoms with Gasteiger partial charge in [0.1, 0.15) is 0 Å². The van der Waals surface area contributed by atoms with Crippen LogP contribution in [0.3, 0.4) is 0 Å². The van der Waals surface area contributed by atoms with Gasteiger partial charge < -0.3 is 0 Å². The minimum atomic E-state index is -0.517. The molecule has 2 N–H and O–H groups in total. The van der Waals surface area contributed by atoms with E-state index in [4.69, 9.17) is 5.21 Å². The van der Waals surface area contributed by atoms with E-state index in [0.717, 1.165) is 37.3 Å². The van der Waals surface area contributed by atoms with E-state index < -0.39 is 5.91 Å². The first kappa shape index (κ1) is 13.7. The van der Waals surface area contributed by atoms with Crippen LogP contribution in [-0.4, -0.2) is 27.5 Å². The van der Waals surface area contributed by atoms with E-state index in [-0.39, 0.29) is 0 Å². The Morgan fingerprint density at radius 3 is 2.90 bits per heavy atom. The van der Waals surface area contributed by atoms with E-state index in [1.807, 2.05) is 24.3 Å². The van der Waals surface area contributed by atoms with Gasteiger partial charge in [-0.2, -0.15) is 0 Å². The lowest BCUT2D eigenvalue weighted by molar-refractivity contribution is 0.0705. The monoisotopic (exact) mass is 283 g/mol. The molecule has 1 aliphatic heterocycles. The zero-order valence-corrected chi connectivity index (χ0v) is 11.6. The highest BCUT2D eigenvalue weighted by Crippen LogP contribution is 2.19. The molecule has 108 valence electrons. The van der Waals surface area contributed by atoms with Crippen molar-refractivity contribution in [3.8, 4) is 0 Å². The third-order valence-electron chi connectivity index (χ3n) is 3.74. The first-order valence-corrected chi connectivity index (χ1v) is 6.95. The first-order chi connectivity index (χ1) is 10.3. The summed E-state index contributed by atoms with van der Waals surface area (Å²) in [4.78, 5) is 18.1. The third-order valence-corrected chi connectivity index (χ3v) is 3.74. The van der Waals surface area contributed by atoms with Crippen molar-refractivity contribution < 1.29 is 10.0 Å². The van der Waals surface area contributed by atoms with E-state index in [1.165, 1.54) is 11.8 Å². The minimum absolute atomic E-state index is 0.396. The quantitative estimate of drug-likeness (QED) is 0.665. The molecule has 2 heterocycles. The second-order valence-electron chi connectivity index (χ2n) is 5.22. The summed E-state index contributed by atoms with van der Waals surface area (Å²) in [6.45, 7) is 2.62. The normalized spacial score (nSPS) is 14.5. The fourth-order valence-electron chi connectivity index (χ4n) is 2.63. The second-order valence-corrected chi connectivity index (χ2v) is 5.22. The van der Waals surface area contributed by atoms with Gasteiger partial charge in [0, 0.05) is 25.8 Å². The van der Waals surface area contributed by atoms with Crippen LogP contribution in [0.1, 0.15) is 27.2 Å². The number of carbonyl (C=O) groups is 1. The Morgan fingerprint density at radius 1 is 1.33 bits per heavy atom. The van der Waals surface area contributed by atoms with E-state index in [0.29, 0.717) is 5.56 Å². The Bertz CT molecular complexity index is 643. The number of hydrogen-bond acceptors (Lipinski definition) is 4. The lowest BCUT2D eigenvalue weighted by Crippen LogP contribution is -2.31. The molecule has 1 aromatic heterocycles. The number of aromatic nitrogens is 1. The molecule has 0 spiro atoms. The average Bonchev–Trinajstić information content (AvgIpc) is 2.54. The molecule has 21 heavy (non-hydrogen) atoms. The molecule has 0 bridgehead atoms. The Balaban J connectivity index is 1.73. The molecule has 0 saturated carbocycles. The molecular weight excluding hydrogens is 266 g/mol. The third kappa shape index (κ3) is 3.09. The van der Waals surface area contributed by atoms with Crippen molar-refractivity contribution >= 4 is 5.91 Å². The van der Waals surface area contributed by atoms with Crippen LogP contribution in [0.4, 0.5) is 0 Å². The molecule has 3 rings (SSSR count). The molecule has 1 aliphatic rings. The van der Waals surface area contributed by atoms with E-state index >= 15 is 0 Å².